The van der Waals surface area contributed by atoms with E-state index in [9.17, 15) is 4.79 Å². The minimum atomic E-state index is -0.641. The summed E-state index contributed by atoms with van der Waals surface area (Å²) in [5.41, 5.74) is 8.43. The number of aromatic nitrogens is 1. The first kappa shape index (κ1) is 20.5. The van der Waals surface area contributed by atoms with Crippen molar-refractivity contribution in [1.29, 1.82) is 0 Å². The number of carbonyl (C=O) groups is 1. The number of pyridine rings is 1. The van der Waals surface area contributed by atoms with Crippen molar-refractivity contribution in [2.24, 2.45) is 5.73 Å². The highest BCUT2D eigenvalue weighted by Gasteiger charge is 2.24. The quantitative estimate of drug-likeness (QED) is 0.486. The number of rotatable bonds is 9. The fraction of sp³-hybridized carbons (Fsp3) is 0.429. The molecule has 1 aliphatic carbocycles. The van der Waals surface area contributed by atoms with Gasteiger partial charge in [-0.05, 0) is 38.3 Å². The highest BCUT2D eigenvalue weighted by Crippen LogP contribution is 2.28. The number of amides is 1. The van der Waals surface area contributed by atoms with E-state index in [1.54, 1.807) is 6.92 Å². The SMILES string of the molecule is C[C@@H](Oc1nc(-c2ccccc2)ccc1NCC(N)CS)C(=O)NC1CCC1. The number of anilines is 1. The number of benzene rings is 1. The number of hydrogen-bond acceptors (Lipinski definition) is 6. The third kappa shape index (κ3) is 5.39. The molecule has 1 aromatic carbocycles. The molecule has 0 bridgehead atoms. The zero-order valence-corrected chi connectivity index (χ0v) is 17.0. The minimum Gasteiger partial charge on any atom is -0.463 e. The summed E-state index contributed by atoms with van der Waals surface area (Å²) in [5, 5.41) is 6.28. The zero-order valence-electron chi connectivity index (χ0n) is 16.1. The van der Waals surface area contributed by atoms with Crippen LogP contribution in [0.15, 0.2) is 42.5 Å². The molecule has 2 aromatic rings. The maximum atomic E-state index is 12.4. The first-order valence-electron chi connectivity index (χ1n) is 9.70. The standard InChI is InChI=1S/C21H28N4O2S/c1-14(20(26)24-17-8-5-9-17)27-21-19(23-12-16(22)13-28)11-10-18(25-21)15-6-3-2-4-7-15/h2-4,6-7,10-11,14,16-17,23,28H,5,8-9,12-13,22H2,1H3,(H,24,26)/t14-,16?/m1/s1. The van der Waals surface area contributed by atoms with E-state index in [0.717, 1.165) is 24.1 Å². The second-order valence-corrected chi connectivity index (χ2v) is 7.50. The first-order valence-corrected chi connectivity index (χ1v) is 10.3. The van der Waals surface area contributed by atoms with Gasteiger partial charge < -0.3 is 21.1 Å². The summed E-state index contributed by atoms with van der Waals surface area (Å²) in [4.78, 5) is 17.1. The molecule has 1 heterocycles. The summed E-state index contributed by atoms with van der Waals surface area (Å²) >= 11 is 4.22. The van der Waals surface area contributed by atoms with Crippen molar-refractivity contribution in [3.8, 4) is 17.1 Å². The smallest absolute Gasteiger partial charge is 0.261 e. The van der Waals surface area contributed by atoms with Crippen molar-refractivity contribution in [3.63, 3.8) is 0 Å². The van der Waals surface area contributed by atoms with Gasteiger partial charge in [-0.25, -0.2) is 4.98 Å². The molecular formula is C21H28N4O2S. The molecule has 0 spiro atoms. The van der Waals surface area contributed by atoms with Gasteiger partial charge in [-0.15, -0.1) is 0 Å². The molecule has 7 heteroatoms. The average Bonchev–Trinajstić information content (AvgIpc) is 2.69. The molecule has 1 fully saturated rings. The lowest BCUT2D eigenvalue weighted by molar-refractivity contribution is -0.128. The fourth-order valence-corrected chi connectivity index (χ4v) is 2.96. The summed E-state index contributed by atoms with van der Waals surface area (Å²) in [6.07, 6.45) is 2.60. The van der Waals surface area contributed by atoms with Crippen LogP contribution in [0.4, 0.5) is 5.69 Å². The van der Waals surface area contributed by atoms with Gasteiger partial charge in [-0.3, -0.25) is 4.79 Å². The van der Waals surface area contributed by atoms with Crippen LogP contribution >= 0.6 is 12.6 Å². The highest BCUT2D eigenvalue weighted by atomic mass is 32.1. The molecule has 0 radical (unpaired) electrons. The molecule has 28 heavy (non-hydrogen) atoms. The number of carbonyl (C=O) groups excluding carboxylic acids is 1. The topological polar surface area (TPSA) is 89.3 Å². The Morgan fingerprint density at radius 1 is 1.29 bits per heavy atom. The Morgan fingerprint density at radius 3 is 2.68 bits per heavy atom. The van der Waals surface area contributed by atoms with Crippen LogP contribution < -0.4 is 21.1 Å². The lowest BCUT2D eigenvalue weighted by Crippen LogP contribution is -2.45. The van der Waals surface area contributed by atoms with Crippen LogP contribution in [0.5, 0.6) is 5.88 Å². The molecular weight excluding hydrogens is 372 g/mol. The molecule has 1 amide bonds. The van der Waals surface area contributed by atoms with Crippen molar-refractivity contribution in [1.82, 2.24) is 10.3 Å². The van der Waals surface area contributed by atoms with E-state index in [1.165, 1.54) is 6.42 Å². The van der Waals surface area contributed by atoms with Crippen LogP contribution in [0.2, 0.25) is 0 Å². The maximum absolute atomic E-state index is 12.4. The lowest BCUT2D eigenvalue weighted by Gasteiger charge is -2.28. The molecule has 4 N–H and O–H groups in total. The molecule has 3 rings (SSSR count). The van der Waals surface area contributed by atoms with Gasteiger partial charge in [0.15, 0.2) is 6.10 Å². The second-order valence-electron chi connectivity index (χ2n) is 7.14. The van der Waals surface area contributed by atoms with E-state index >= 15 is 0 Å². The van der Waals surface area contributed by atoms with Crippen molar-refractivity contribution in [2.45, 2.75) is 44.4 Å². The maximum Gasteiger partial charge on any atom is 0.261 e. The Labute approximate surface area is 171 Å². The van der Waals surface area contributed by atoms with E-state index in [4.69, 9.17) is 10.5 Å². The van der Waals surface area contributed by atoms with Gasteiger partial charge in [-0.2, -0.15) is 12.6 Å². The molecule has 1 aromatic heterocycles. The van der Waals surface area contributed by atoms with Crippen molar-refractivity contribution >= 4 is 24.2 Å². The third-order valence-electron chi connectivity index (χ3n) is 4.83. The average molecular weight is 401 g/mol. The Hall–Kier alpha value is -2.25. The molecule has 6 nitrogen and oxygen atoms in total. The minimum absolute atomic E-state index is 0.0932. The number of ether oxygens (including phenoxy) is 1. The molecule has 0 aliphatic heterocycles. The van der Waals surface area contributed by atoms with Gasteiger partial charge in [0.1, 0.15) is 0 Å². The Bertz CT molecular complexity index is 783. The second kappa shape index (κ2) is 9.80. The summed E-state index contributed by atoms with van der Waals surface area (Å²) in [7, 11) is 0. The predicted molar refractivity (Wildman–Crippen MR) is 116 cm³/mol. The summed E-state index contributed by atoms with van der Waals surface area (Å²) in [6, 6.07) is 13.9. The summed E-state index contributed by atoms with van der Waals surface area (Å²) in [5.74, 6) is 0.845. The van der Waals surface area contributed by atoms with E-state index < -0.39 is 6.10 Å². The fourth-order valence-electron chi connectivity index (χ4n) is 2.83. The molecule has 150 valence electrons. The van der Waals surface area contributed by atoms with Crippen LogP contribution in [0.1, 0.15) is 26.2 Å². The molecule has 2 atom stereocenters. The summed E-state index contributed by atoms with van der Waals surface area (Å²) < 4.78 is 5.96. The third-order valence-corrected chi connectivity index (χ3v) is 5.30. The Balaban J connectivity index is 1.78. The van der Waals surface area contributed by atoms with Gasteiger partial charge in [0.2, 0.25) is 5.88 Å². The van der Waals surface area contributed by atoms with Gasteiger partial charge >= 0.3 is 0 Å². The number of nitrogens with zero attached hydrogens (tertiary/aromatic N) is 1. The number of hydrogen-bond donors (Lipinski definition) is 4. The first-order chi connectivity index (χ1) is 13.6. The van der Waals surface area contributed by atoms with Crippen molar-refractivity contribution in [3.05, 3.63) is 42.5 Å². The zero-order chi connectivity index (χ0) is 19.9. The van der Waals surface area contributed by atoms with Gasteiger partial charge in [0.05, 0.1) is 11.4 Å². The predicted octanol–water partition coefficient (Wildman–Crippen LogP) is 2.85. The highest BCUT2D eigenvalue weighted by molar-refractivity contribution is 7.80. The van der Waals surface area contributed by atoms with Gasteiger partial charge in [-0.1, -0.05) is 30.3 Å². The number of nitrogens with two attached hydrogens (primary N) is 1. The molecule has 1 saturated carbocycles. The van der Waals surface area contributed by atoms with Crippen molar-refractivity contribution in [2.75, 3.05) is 17.6 Å². The van der Waals surface area contributed by atoms with Crippen LogP contribution in [-0.4, -0.2) is 41.4 Å². The molecule has 1 aliphatic rings. The lowest BCUT2D eigenvalue weighted by atomic mass is 9.93. The van der Waals surface area contributed by atoms with Crippen LogP contribution in [0.25, 0.3) is 11.3 Å². The monoisotopic (exact) mass is 400 g/mol. The Morgan fingerprint density at radius 2 is 2.04 bits per heavy atom. The van der Waals surface area contributed by atoms with Crippen molar-refractivity contribution < 1.29 is 9.53 Å². The van der Waals surface area contributed by atoms with Gasteiger partial charge in [0, 0.05) is 29.9 Å². The van der Waals surface area contributed by atoms with E-state index in [1.807, 2.05) is 42.5 Å². The normalized spacial score (nSPS) is 16.0. The van der Waals surface area contributed by atoms with Crippen LogP contribution in [-0.2, 0) is 4.79 Å². The molecule has 1 unspecified atom stereocenters. The largest absolute Gasteiger partial charge is 0.463 e. The van der Waals surface area contributed by atoms with Gasteiger partial charge in [0.25, 0.3) is 5.91 Å². The summed E-state index contributed by atoms with van der Waals surface area (Å²) in [6.45, 7) is 2.28. The molecule has 0 saturated heterocycles. The van der Waals surface area contributed by atoms with Crippen LogP contribution in [0, 0.1) is 0 Å². The van der Waals surface area contributed by atoms with E-state index in [-0.39, 0.29) is 18.0 Å². The Kier molecular flexibility index (Phi) is 7.17. The van der Waals surface area contributed by atoms with E-state index in [0.29, 0.717) is 23.9 Å². The number of nitrogens with one attached hydrogen (secondary N) is 2. The van der Waals surface area contributed by atoms with E-state index in [2.05, 4.69) is 28.2 Å². The van der Waals surface area contributed by atoms with Crippen LogP contribution in [0.3, 0.4) is 0 Å². The number of thiol groups is 1.